The van der Waals surface area contributed by atoms with Crippen LogP contribution >= 0.6 is 0 Å². The van der Waals surface area contributed by atoms with Crippen LogP contribution < -0.4 is 5.32 Å². The van der Waals surface area contributed by atoms with Crippen molar-refractivity contribution < 1.29 is 0 Å². The normalized spacial score (nSPS) is 12.8. The molecule has 88 valence electrons. The number of aryl methyl sites for hydroxylation is 1. The Morgan fingerprint density at radius 1 is 1.56 bits per heavy atom. The zero-order chi connectivity index (χ0) is 12.1. The molecule has 16 heavy (non-hydrogen) atoms. The molecule has 0 radical (unpaired) electrons. The van der Waals surface area contributed by atoms with Gasteiger partial charge >= 0.3 is 0 Å². The third-order valence-electron chi connectivity index (χ3n) is 2.83. The Labute approximate surface area is 97.5 Å². The van der Waals surface area contributed by atoms with Crippen molar-refractivity contribution in [1.29, 1.82) is 5.26 Å². The summed E-state index contributed by atoms with van der Waals surface area (Å²) in [6, 6.07) is 4.60. The quantitative estimate of drug-likeness (QED) is 0.803. The van der Waals surface area contributed by atoms with Crippen LogP contribution in [0.3, 0.4) is 0 Å². The molecular formula is C12H20N4. The first-order valence-electron chi connectivity index (χ1n) is 5.47. The van der Waals surface area contributed by atoms with Crippen LogP contribution in [-0.4, -0.2) is 36.1 Å². The Balaban J connectivity index is 2.41. The largest absolute Gasteiger partial charge is 0.342 e. The first-order valence-corrected chi connectivity index (χ1v) is 5.47. The highest BCUT2D eigenvalue weighted by molar-refractivity contribution is 5.28. The molecule has 1 aromatic heterocycles. The number of hydrogen-bond donors (Lipinski definition) is 1. The topological polar surface area (TPSA) is 44.0 Å². The monoisotopic (exact) mass is 220 g/mol. The van der Waals surface area contributed by atoms with Crippen LogP contribution in [0.1, 0.15) is 18.2 Å². The Hall–Kier alpha value is -1.31. The lowest BCUT2D eigenvalue weighted by molar-refractivity contribution is 0.302. The molecule has 0 fully saturated rings. The predicted molar refractivity (Wildman–Crippen MR) is 65.0 cm³/mol. The number of nitriles is 1. The molecule has 0 aliphatic carbocycles. The molecule has 0 aliphatic heterocycles. The molecule has 0 aliphatic rings. The Morgan fingerprint density at radius 3 is 2.75 bits per heavy atom. The molecule has 1 atom stereocenters. The van der Waals surface area contributed by atoms with Crippen molar-refractivity contribution in [3.8, 4) is 6.07 Å². The van der Waals surface area contributed by atoms with Gasteiger partial charge in [-0.15, -0.1) is 0 Å². The van der Waals surface area contributed by atoms with E-state index in [1.807, 2.05) is 23.9 Å². The standard InChI is InChI=1S/C12H20N4/c1-10(15(2)3)7-14-8-11-5-12(6-13)16(4)9-11/h5,9-10,14H,7-8H2,1-4H3. The highest BCUT2D eigenvalue weighted by Crippen LogP contribution is 2.05. The van der Waals surface area contributed by atoms with Gasteiger partial charge < -0.3 is 14.8 Å². The van der Waals surface area contributed by atoms with Crippen LogP contribution in [0, 0.1) is 11.3 Å². The average molecular weight is 220 g/mol. The summed E-state index contributed by atoms with van der Waals surface area (Å²) in [7, 11) is 6.04. The number of nitrogens with zero attached hydrogens (tertiary/aromatic N) is 3. The first kappa shape index (κ1) is 12.8. The van der Waals surface area contributed by atoms with Gasteiger partial charge in [0.1, 0.15) is 11.8 Å². The van der Waals surface area contributed by atoms with Crippen LogP contribution in [0.2, 0.25) is 0 Å². The van der Waals surface area contributed by atoms with Crippen LogP contribution in [-0.2, 0) is 13.6 Å². The molecule has 0 bridgehead atoms. The number of rotatable bonds is 5. The van der Waals surface area contributed by atoms with Gasteiger partial charge in [0.2, 0.25) is 0 Å². The summed E-state index contributed by atoms with van der Waals surface area (Å²) in [5.74, 6) is 0. The second-order valence-corrected chi connectivity index (χ2v) is 4.40. The van der Waals surface area contributed by atoms with Gasteiger partial charge in [-0.05, 0) is 32.6 Å². The number of aromatic nitrogens is 1. The van der Waals surface area contributed by atoms with E-state index >= 15 is 0 Å². The molecule has 1 heterocycles. The van der Waals surface area contributed by atoms with Crippen molar-refractivity contribution in [3.63, 3.8) is 0 Å². The highest BCUT2D eigenvalue weighted by atomic mass is 15.1. The van der Waals surface area contributed by atoms with Crippen LogP contribution in [0.25, 0.3) is 0 Å². The maximum atomic E-state index is 8.82. The van der Waals surface area contributed by atoms with E-state index in [-0.39, 0.29) is 0 Å². The Kier molecular flexibility index (Phi) is 4.53. The van der Waals surface area contributed by atoms with Gasteiger partial charge in [-0.1, -0.05) is 0 Å². The zero-order valence-electron chi connectivity index (χ0n) is 10.5. The van der Waals surface area contributed by atoms with Crippen LogP contribution in [0.15, 0.2) is 12.3 Å². The van der Waals surface area contributed by atoms with Gasteiger partial charge in [0, 0.05) is 32.4 Å². The van der Waals surface area contributed by atoms with Crippen molar-refractivity contribution in [2.75, 3.05) is 20.6 Å². The second kappa shape index (κ2) is 5.69. The minimum Gasteiger partial charge on any atom is -0.342 e. The zero-order valence-corrected chi connectivity index (χ0v) is 10.5. The molecule has 1 unspecified atom stereocenters. The summed E-state index contributed by atoms with van der Waals surface area (Å²) in [6.45, 7) is 3.94. The van der Waals surface area contributed by atoms with Crippen LogP contribution in [0.5, 0.6) is 0 Å². The fourth-order valence-corrected chi connectivity index (χ4v) is 1.45. The lowest BCUT2D eigenvalue weighted by Gasteiger charge is -2.19. The van der Waals surface area contributed by atoms with Crippen molar-refractivity contribution in [3.05, 3.63) is 23.5 Å². The minimum atomic E-state index is 0.513. The van der Waals surface area contributed by atoms with Gasteiger partial charge in [0.05, 0.1) is 0 Å². The lowest BCUT2D eigenvalue weighted by atomic mass is 10.3. The molecule has 1 rings (SSSR count). The van der Waals surface area contributed by atoms with Gasteiger partial charge in [-0.2, -0.15) is 5.26 Å². The third kappa shape index (κ3) is 3.37. The van der Waals surface area contributed by atoms with E-state index in [0.717, 1.165) is 18.7 Å². The predicted octanol–water partition coefficient (Wildman–Crippen LogP) is 0.936. The maximum Gasteiger partial charge on any atom is 0.120 e. The van der Waals surface area contributed by atoms with Gasteiger partial charge in [-0.25, -0.2) is 0 Å². The molecule has 1 N–H and O–H groups in total. The van der Waals surface area contributed by atoms with Crippen molar-refractivity contribution >= 4 is 0 Å². The summed E-state index contributed by atoms with van der Waals surface area (Å²) in [5, 5.41) is 12.2. The summed E-state index contributed by atoms with van der Waals surface area (Å²) in [4.78, 5) is 2.18. The van der Waals surface area contributed by atoms with Gasteiger partial charge in [0.15, 0.2) is 0 Å². The van der Waals surface area contributed by atoms with E-state index in [9.17, 15) is 0 Å². The maximum absolute atomic E-state index is 8.82. The summed E-state index contributed by atoms with van der Waals surface area (Å²) in [5.41, 5.74) is 1.86. The number of hydrogen-bond acceptors (Lipinski definition) is 3. The van der Waals surface area contributed by atoms with Crippen LogP contribution in [0.4, 0.5) is 0 Å². The van der Waals surface area contributed by atoms with Gasteiger partial charge in [-0.3, -0.25) is 0 Å². The smallest absolute Gasteiger partial charge is 0.120 e. The first-order chi connectivity index (χ1) is 7.54. The summed E-state index contributed by atoms with van der Waals surface area (Å²) < 4.78 is 1.85. The molecule has 0 saturated carbocycles. The highest BCUT2D eigenvalue weighted by Gasteiger charge is 2.05. The fraction of sp³-hybridized carbons (Fsp3) is 0.583. The van der Waals surface area contributed by atoms with Crippen molar-refractivity contribution in [1.82, 2.24) is 14.8 Å². The van der Waals surface area contributed by atoms with Crippen molar-refractivity contribution in [2.24, 2.45) is 7.05 Å². The fourth-order valence-electron chi connectivity index (χ4n) is 1.45. The molecule has 1 aromatic rings. The molecule has 0 spiro atoms. The molecular weight excluding hydrogens is 200 g/mol. The second-order valence-electron chi connectivity index (χ2n) is 4.40. The Morgan fingerprint density at radius 2 is 2.25 bits per heavy atom. The average Bonchev–Trinajstić information content (AvgIpc) is 2.58. The third-order valence-corrected chi connectivity index (χ3v) is 2.83. The van der Waals surface area contributed by atoms with Crippen molar-refractivity contribution in [2.45, 2.75) is 19.5 Å². The number of nitrogens with one attached hydrogen (secondary N) is 1. The summed E-state index contributed by atoms with van der Waals surface area (Å²) in [6.07, 6.45) is 1.99. The van der Waals surface area contributed by atoms with E-state index in [0.29, 0.717) is 11.7 Å². The van der Waals surface area contributed by atoms with E-state index in [4.69, 9.17) is 5.26 Å². The van der Waals surface area contributed by atoms with E-state index in [1.165, 1.54) is 0 Å². The molecule has 4 nitrogen and oxygen atoms in total. The lowest BCUT2D eigenvalue weighted by Crippen LogP contribution is -2.35. The minimum absolute atomic E-state index is 0.513. The van der Waals surface area contributed by atoms with E-state index in [1.54, 1.807) is 0 Å². The molecule has 0 saturated heterocycles. The molecule has 0 aromatic carbocycles. The molecule has 0 amide bonds. The SMILES string of the molecule is CC(CNCc1cc(C#N)n(C)c1)N(C)C. The Bertz CT molecular complexity index is 373. The summed E-state index contributed by atoms with van der Waals surface area (Å²) >= 11 is 0. The van der Waals surface area contributed by atoms with E-state index < -0.39 is 0 Å². The van der Waals surface area contributed by atoms with E-state index in [2.05, 4.69) is 37.3 Å². The van der Waals surface area contributed by atoms with Gasteiger partial charge in [0.25, 0.3) is 0 Å². The molecule has 4 heteroatoms. The number of likely N-dealkylation sites (N-methyl/N-ethyl adjacent to an activating group) is 1.